The van der Waals surface area contributed by atoms with E-state index in [0.29, 0.717) is 0 Å². The Hall–Kier alpha value is -3.07. The fourth-order valence-electron chi connectivity index (χ4n) is 2.82. The number of aryl methyl sites for hydroxylation is 1. The largest absolute Gasteiger partial charge is 0.354 e. The summed E-state index contributed by atoms with van der Waals surface area (Å²) in [4.78, 5) is 4.49. The van der Waals surface area contributed by atoms with Crippen molar-refractivity contribution in [3.8, 4) is 5.69 Å². The van der Waals surface area contributed by atoms with E-state index < -0.39 is 0 Å². The summed E-state index contributed by atoms with van der Waals surface area (Å²) >= 11 is 0. The zero-order valence-electron chi connectivity index (χ0n) is 12.9. The van der Waals surface area contributed by atoms with Gasteiger partial charge in [0.15, 0.2) is 0 Å². The van der Waals surface area contributed by atoms with Crippen molar-refractivity contribution in [1.29, 1.82) is 0 Å². The molecule has 3 aromatic carbocycles. The highest BCUT2D eigenvalue weighted by Gasteiger charge is 2.08. The Labute approximate surface area is 135 Å². The van der Waals surface area contributed by atoms with Gasteiger partial charge in [-0.05, 0) is 48.9 Å². The van der Waals surface area contributed by atoms with Gasteiger partial charge in [0.05, 0.1) is 22.4 Å². The molecule has 4 rings (SSSR count). The highest BCUT2D eigenvalue weighted by molar-refractivity contribution is 5.80. The number of fused-ring (bicyclic) bond motifs is 1. The lowest BCUT2D eigenvalue weighted by Gasteiger charge is -2.13. The molecule has 0 saturated carbocycles. The van der Waals surface area contributed by atoms with Gasteiger partial charge >= 0.3 is 0 Å². The van der Waals surface area contributed by atoms with Gasteiger partial charge in [-0.15, -0.1) is 0 Å². The van der Waals surface area contributed by atoms with E-state index in [9.17, 15) is 0 Å². The predicted molar refractivity (Wildman–Crippen MR) is 95.5 cm³/mol. The molecule has 0 aliphatic carbocycles. The Kier molecular flexibility index (Phi) is 3.31. The van der Waals surface area contributed by atoms with Gasteiger partial charge in [0.1, 0.15) is 6.33 Å². The molecule has 0 aliphatic heterocycles. The first kappa shape index (κ1) is 13.6. The Balaban J connectivity index is 1.81. The quantitative estimate of drug-likeness (QED) is 0.572. The van der Waals surface area contributed by atoms with Crippen LogP contribution in [-0.4, -0.2) is 9.55 Å². The second kappa shape index (κ2) is 5.61. The average molecular weight is 299 g/mol. The van der Waals surface area contributed by atoms with Gasteiger partial charge in [-0.1, -0.05) is 36.4 Å². The van der Waals surface area contributed by atoms with Crippen molar-refractivity contribution in [2.24, 2.45) is 0 Å². The lowest BCUT2D eigenvalue weighted by atomic mass is 10.2. The summed E-state index contributed by atoms with van der Waals surface area (Å²) in [5.74, 6) is 0. The Morgan fingerprint density at radius 1 is 0.870 bits per heavy atom. The van der Waals surface area contributed by atoms with Crippen LogP contribution < -0.4 is 5.32 Å². The molecule has 0 radical (unpaired) electrons. The van der Waals surface area contributed by atoms with Crippen LogP contribution in [0.25, 0.3) is 16.7 Å². The van der Waals surface area contributed by atoms with E-state index in [4.69, 9.17) is 0 Å². The number of nitrogens with one attached hydrogen (secondary N) is 1. The monoisotopic (exact) mass is 299 g/mol. The number of hydrogen-bond donors (Lipinski definition) is 1. The summed E-state index contributed by atoms with van der Waals surface area (Å²) in [6, 6.07) is 24.8. The molecular weight excluding hydrogens is 282 g/mol. The normalized spacial score (nSPS) is 10.8. The summed E-state index contributed by atoms with van der Waals surface area (Å²) in [5, 5.41) is 3.52. The summed E-state index contributed by atoms with van der Waals surface area (Å²) in [6.45, 7) is 2.10. The smallest absolute Gasteiger partial charge is 0.100 e. The van der Waals surface area contributed by atoms with E-state index in [2.05, 4.69) is 64.3 Å². The van der Waals surface area contributed by atoms with Gasteiger partial charge in [0.2, 0.25) is 0 Å². The number of rotatable bonds is 3. The molecule has 3 nitrogen and oxygen atoms in total. The summed E-state index contributed by atoms with van der Waals surface area (Å²) in [7, 11) is 0. The predicted octanol–water partition coefficient (Wildman–Crippen LogP) is 5.08. The fraction of sp³-hybridized carbons (Fsp3) is 0.0500. The molecule has 0 spiro atoms. The van der Waals surface area contributed by atoms with E-state index >= 15 is 0 Å². The molecule has 3 heteroatoms. The molecule has 0 atom stereocenters. The van der Waals surface area contributed by atoms with Gasteiger partial charge in [-0.3, -0.25) is 4.57 Å². The molecule has 4 aromatic rings. The summed E-state index contributed by atoms with van der Waals surface area (Å²) < 4.78 is 2.12. The zero-order valence-corrected chi connectivity index (χ0v) is 12.9. The number of para-hydroxylation sites is 4. The van der Waals surface area contributed by atoms with Crippen molar-refractivity contribution < 1.29 is 0 Å². The minimum absolute atomic E-state index is 0.998. The molecule has 0 amide bonds. The Morgan fingerprint density at radius 3 is 2.61 bits per heavy atom. The van der Waals surface area contributed by atoms with Crippen molar-refractivity contribution in [1.82, 2.24) is 9.55 Å². The van der Waals surface area contributed by atoms with Crippen LogP contribution >= 0.6 is 0 Å². The number of anilines is 2. The number of hydrogen-bond acceptors (Lipinski definition) is 2. The third-order valence-electron chi connectivity index (χ3n) is 3.91. The van der Waals surface area contributed by atoms with E-state index in [1.165, 1.54) is 5.56 Å². The second-order valence-electron chi connectivity index (χ2n) is 5.61. The summed E-state index contributed by atoms with van der Waals surface area (Å²) in [5.41, 5.74) is 6.57. The first-order valence-corrected chi connectivity index (χ1v) is 7.66. The van der Waals surface area contributed by atoms with E-state index in [1.807, 2.05) is 36.7 Å². The van der Waals surface area contributed by atoms with Crippen molar-refractivity contribution in [3.05, 3.63) is 84.7 Å². The van der Waals surface area contributed by atoms with Gasteiger partial charge < -0.3 is 5.32 Å². The molecular formula is C20H17N3. The molecule has 1 N–H and O–H groups in total. The standard InChI is InChI=1S/C20H17N3/c1-15-7-6-8-16(13-15)22-18-10-3-5-12-20(18)23-14-21-17-9-2-4-11-19(17)23/h2-14,22H,1H3. The molecule has 1 aromatic heterocycles. The summed E-state index contributed by atoms with van der Waals surface area (Å²) in [6.07, 6.45) is 1.88. The maximum absolute atomic E-state index is 4.49. The van der Waals surface area contributed by atoms with Crippen molar-refractivity contribution in [2.75, 3.05) is 5.32 Å². The number of imidazole rings is 1. The first-order chi connectivity index (χ1) is 11.3. The second-order valence-corrected chi connectivity index (χ2v) is 5.61. The molecule has 23 heavy (non-hydrogen) atoms. The van der Waals surface area contributed by atoms with E-state index in [0.717, 1.165) is 28.1 Å². The van der Waals surface area contributed by atoms with Crippen LogP contribution in [-0.2, 0) is 0 Å². The topological polar surface area (TPSA) is 29.9 Å². The minimum atomic E-state index is 0.998. The maximum atomic E-state index is 4.49. The van der Waals surface area contributed by atoms with Gasteiger partial charge in [-0.2, -0.15) is 0 Å². The lowest BCUT2D eigenvalue weighted by molar-refractivity contribution is 1.09. The average Bonchev–Trinajstić information content (AvgIpc) is 2.99. The lowest BCUT2D eigenvalue weighted by Crippen LogP contribution is -1.99. The number of nitrogens with zero attached hydrogens (tertiary/aromatic N) is 2. The minimum Gasteiger partial charge on any atom is -0.354 e. The van der Waals surface area contributed by atoms with Gasteiger partial charge in [0, 0.05) is 5.69 Å². The highest BCUT2D eigenvalue weighted by atomic mass is 15.1. The van der Waals surface area contributed by atoms with Crippen LogP contribution in [0.4, 0.5) is 11.4 Å². The highest BCUT2D eigenvalue weighted by Crippen LogP contribution is 2.27. The van der Waals surface area contributed by atoms with Crippen LogP contribution in [0, 0.1) is 6.92 Å². The van der Waals surface area contributed by atoms with E-state index in [1.54, 1.807) is 0 Å². The van der Waals surface area contributed by atoms with Crippen LogP contribution in [0.5, 0.6) is 0 Å². The molecule has 1 heterocycles. The molecule has 0 unspecified atom stereocenters. The van der Waals surface area contributed by atoms with Crippen molar-refractivity contribution in [2.45, 2.75) is 6.92 Å². The Bertz CT molecular complexity index is 969. The molecule has 0 bridgehead atoms. The molecule has 0 aliphatic rings. The SMILES string of the molecule is Cc1cccc(Nc2ccccc2-n2cnc3ccccc32)c1. The third kappa shape index (κ3) is 2.57. The van der Waals surface area contributed by atoms with Crippen LogP contribution in [0.1, 0.15) is 5.56 Å². The molecule has 0 saturated heterocycles. The van der Waals surface area contributed by atoms with Crippen LogP contribution in [0.3, 0.4) is 0 Å². The number of benzene rings is 3. The Morgan fingerprint density at radius 2 is 1.70 bits per heavy atom. The first-order valence-electron chi connectivity index (χ1n) is 7.66. The maximum Gasteiger partial charge on any atom is 0.100 e. The van der Waals surface area contributed by atoms with Gasteiger partial charge in [0.25, 0.3) is 0 Å². The zero-order chi connectivity index (χ0) is 15.6. The molecule has 0 fully saturated rings. The number of aromatic nitrogens is 2. The van der Waals surface area contributed by atoms with Crippen molar-refractivity contribution >= 4 is 22.4 Å². The van der Waals surface area contributed by atoms with Crippen LogP contribution in [0.2, 0.25) is 0 Å². The van der Waals surface area contributed by atoms with E-state index in [-0.39, 0.29) is 0 Å². The van der Waals surface area contributed by atoms with Crippen LogP contribution in [0.15, 0.2) is 79.1 Å². The molecule has 112 valence electrons. The third-order valence-corrected chi connectivity index (χ3v) is 3.91. The fourth-order valence-corrected chi connectivity index (χ4v) is 2.82. The van der Waals surface area contributed by atoms with Crippen molar-refractivity contribution in [3.63, 3.8) is 0 Å². The van der Waals surface area contributed by atoms with Gasteiger partial charge in [-0.25, -0.2) is 4.98 Å².